The molecule has 0 aliphatic heterocycles. The van der Waals surface area contributed by atoms with Crippen molar-refractivity contribution in [1.82, 2.24) is 10.2 Å². The number of ether oxygens (including phenoxy) is 1. The zero-order chi connectivity index (χ0) is 21.2. The van der Waals surface area contributed by atoms with Crippen molar-refractivity contribution in [3.05, 3.63) is 65.5 Å². The molecule has 2 N–H and O–H groups in total. The molecular weight excluding hydrogens is 379 g/mol. The number of aliphatic hydroxyl groups excluding tert-OH is 1. The first-order valence-corrected chi connectivity index (χ1v) is 11.2. The normalized spacial score (nSPS) is 16.0. The van der Waals surface area contributed by atoms with E-state index in [0.29, 0.717) is 19.2 Å². The fourth-order valence-electron chi connectivity index (χ4n) is 4.11. The molecular formula is C25H35FN2O2. The summed E-state index contributed by atoms with van der Waals surface area (Å²) in [7, 11) is 2.11. The van der Waals surface area contributed by atoms with E-state index in [1.165, 1.54) is 44.2 Å². The number of benzene rings is 2. The topological polar surface area (TPSA) is 44.7 Å². The van der Waals surface area contributed by atoms with Crippen LogP contribution >= 0.6 is 0 Å². The molecule has 0 heterocycles. The van der Waals surface area contributed by atoms with Crippen LogP contribution in [0.3, 0.4) is 0 Å². The van der Waals surface area contributed by atoms with E-state index < -0.39 is 6.10 Å². The number of likely N-dealkylation sites (N-methyl/N-ethyl adjacent to an activating group) is 1. The molecule has 1 aliphatic rings. The van der Waals surface area contributed by atoms with E-state index in [4.69, 9.17) is 4.74 Å². The highest BCUT2D eigenvalue weighted by molar-refractivity contribution is 5.28. The maximum Gasteiger partial charge on any atom is 0.123 e. The molecule has 1 saturated carbocycles. The van der Waals surface area contributed by atoms with Crippen LogP contribution in [-0.4, -0.2) is 48.9 Å². The summed E-state index contributed by atoms with van der Waals surface area (Å²) in [5, 5.41) is 13.8. The minimum absolute atomic E-state index is 0.200. The van der Waals surface area contributed by atoms with Gasteiger partial charge in [-0.15, -0.1) is 0 Å². The van der Waals surface area contributed by atoms with Crippen LogP contribution in [0, 0.1) is 5.82 Å². The zero-order valence-corrected chi connectivity index (χ0v) is 18.0. The van der Waals surface area contributed by atoms with Crippen molar-refractivity contribution in [1.29, 1.82) is 0 Å². The summed E-state index contributed by atoms with van der Waals surface area (Å²) in [6.07, 6.45) is 6.78. The second-order valence-electron chi connectivity index (χ2n) is 8.40. The molecule has 30 heavy (non-hydrogen) atoms. The maximum absolute atomic E-state index is 12.9. The average molecular weight is 415 g/mol. The Kier molecular flexibility index (Phi) is 9.12. The Hall–Kier alpha value is -1.95. The second kappa shape index (κ2) is 12.0. The minimum atomic E-state index is -0.491. The quantitative estimate of drug-likeness (QED) is 0.542. The van der Waals surface area contributed by atoms with Gasteiger partial charge in [0.15, 0.2) is 0 Å². The van der Waals surface area contributed by atoms with Crippen molar-refractivity contribution in [2.75, 3.05) is 26.7 Å². The van der Waals surface area contributed by atoms with E-state index in [0.717, 1.165) is 36.4 Å². The zero-order valence-electron chi connectivity index (χ0n) is 18.0. The Morgan fingerprint density at radius 2 is 1.87 bits per heavy atom. The van der Waals surface area contributed by atoms with Crippen LogP contribution in [-0.2, 0) is 13.0 Å². The molecule has 0 radical (unpaired) electrons. The second-order valence-corrected chi connectivity index (χ2v) is 8.40. The highest BCUT2D eigenvalue weighted by Crippen LogP contribution is 2.21. The van der Waals surface area contributed by atoms with Crippen molar-refractivity contribution in [2.24, 2.45) is 0 Å². The molecule has 0 saturated heterocycles. The lowest BCUT2D eigenvalue weighted by molar-refractivity contribution is 0.0561. The van der Waals surface area contributed by atoms with Crippen LogP contribution in [0.5, 0.6) is 5.75 Å². The summed E-state index contributed by atoms with van der Waals surface area (Å²) in [6.45, 7) is 2.52. The molecule has 0 bridgehead atoms. The van der Waals surface area contributed by atoms with Crippen molar-refractivity contribution in [2.45, 2.75) is 57.2 Å². The Morgan fingerprint density at radius 1 is 1.10 bits per heavy atom. The van der Waals surface area contributed by atoms with E-state index in [1.807, 2.05) is 30.3 Å². The molecule has 3 rings (SSSR count). The smallest absolute Gasteiger partial charge is 0.123 e. The predicted molar refractivity (Wildman–Crippen MR) is 119 cm³/mol. The molecule has 4 nitrogen and oxygen atoms in total. The van der Waals surface area contributed by atoms with E-state index in [1.54, 1.807) is 0 Å². The summed E-state index contributed by atoms with van der Waals surface area (Å²) in [4.78, 5) is 2.29. The van der Waals surface area contributed by atoms with Crippen LogP contribution in [0.4, 0.5) is 4.39 Å². The molecule has 0 aromatic heterocycles. The highest BCUT2D eigenvalue weighted by Gasteiger charge is 2.20. The Bertz CT molecular complexity index is 747. The molecule has 1 fully saturated rings. The van der Waals surface area contributed by atoms with Gasteiger partial charge in [0.2, 0.25) is 0 Å². The molecule has 0 spiro atoms. The standard InChI is InChI=1S/C25H35FN2O2/c1-28(23-7-3-2-4-8-23)18-24(29)19-30-25-9-5-6-21(16-25)17-27-15-14-20-10-12-22(26)13-11-20/h5-6,9-13,16,23-24,27,29H,2-4,7-8,14-15,17-19H2,1H3. The van der Waals surface area contributed by atoms with Crippen LogP contribution < -0.4 is 10.1 Å². The third kappa shape index (κ3) is 7.71. The lowest BCUT2D eigenvalue weighted by Crippen LogP contribution is -2.40. The molecule has 2 aromatic rings. The average Bonchev–Trinajstić information content (AvgIpc) is 2.77. The first kappa shape index (κ1) is 22.7. The van der Waals surface area contributed by atoms with Gasteiger partial charge in [-0.05, 0) is 68.2 Å². The van der Waals surface area contributed by atoms with Crippen LogP contribution in [0.1, 0.15) is 43.2 Å². The molecule has 1 aliphatic carbocycles. The lowest BCUT2D eigenvalue weighted by Gasteiger charge is -2.32. The summed E-state index contributed by atoms with van der Waals surface area (Å²) < 4.78 is 18.8. The van der Waals surface area contributed by atoms with Crippen LogP contribution in [0.25, 0.3) is 0 Å². The van der Waals surface area contributed by atoms with Gasteiger partial charge in [-0.2, -0.15) is 0 Å². The van der Waals surface area contributed by atoms with E-state index in [9.17, 15) is 9.50 Å². The van der Waals surface area contributed by atoms with Gasteiger partial charge in [0.05, 0.1) is 0 Å². The molecule has 1 atom stereocenters. The number of hydrogen-bond acceptors (Lipinski definition) is 4. The van der Waals surface area contributed by atoms with Gasteiger partial charge < -0.3 is 20.1 Å². The summed E-state index contributed by atoms with van der Waals surface area (Å²) >= 11 is 0. The molecule has 1 unspecified atom stereocenters. The highest BCUT2D eigenvalue weighted by atomic mass is 19.1. The summed E-state index contributed by atoms with van der Waals surface area (Å²) in [5.41, 5.74) is 2.26. The van der Waals surface area contributed by atoms with Gasteiger partial charge in [-0.1, -0.05) is 43.5 Å². The summed E-state index contributed by atoms with van der Waals surface area (Å²) in [5.74, 6) is 0.585. The van der Waals surface area contributed by atoms with E-state index in [-0.39, 0.29) is 5.82 Å². The van der Waals surface area contributed by atoms with Gasteiger partial charge in [-0.3, -0.25) is 0 Å². The first-order chi connectivity index (χ1) is 14.6. The van der Waals surface area contributed by atoms with Crippen molar-refractivity contribution >= 4 is 0 Å². The third-order valence-electron chi connectivity index (χ3n) is 5.87. The van der Waals surface area contributed by atoms with Crippen molar-refractivity contribution in [3.63, 3.8) is 0 Å². The van der Waals surface area contributed by atoms with Crippen molar-refractivity contribution < 1.29 is 14.2 Å². The number of aliphatic hydroxyl groups is 1. The van der Waals surface area contributed by atoms with Gasteiger partial charge >= 0.3 is 0 Å². The molecule has 0 amide bonds. The number of halogens is 1. The van der Waals surface area contributed by atoms with E-state index in [2.05, 4.69) is 23.3 Å². The van der Waals surface area contributed by atoms with Crippen LogP contribution in [0.2, 0.25) is 0 Å². The fourth-order valence-corrected chi connectivity index (χ4v) is 4.11. The Morgan fingerprint density at radius 3 is 2.63 bits per heavy atom. The Labute approximate surface area is 180 Å². The van der Waals surface area contributed by atoms with Crippen molar-refractivity contribution in [3.8, 4) is 5.75 Å². The fraction of sp³-hybridized carbons (Fsp3) is 0.520. The predicted octanol–water partition coefficient (Wildman–Crippen LogP) is 4.16. The Balaban J connectivity index is 1.36. The molecule has 2 aromatic carbocycles. The van der Waals surface area contributed by atoms with Gasteiger partial charge in [0.1, 0.15) is 24.3 Å². The van der Waals surface area contributed by atoms with Gasteiger partial charge in [0, 0.05) is 19.1 Å². The monoisotopic (exact) mass is 414 g/mol. The number of rotatable bonds is 11. The molecule has 164 valence electrons. The SMILES string of the molecule is CN(CC(O)COc1cccc(CNCCc2ccc(F)cc2)c1)C1CCCCC1. The summed E-state index contributed by atoms with van der Waals surface area (Å²) in [6, 6.07) is 15.2. The van der Waals surface area contributed by atoms with Gasteiger partial charge in [0.25, 0.3) is 0 Å². The lowest BCUT2D eigenvalue weighted by atomic mass is 9.94. The number of hydrogen-bond donors (Lipinski definition) is 2. The first-order valence-electron chi connectivity index (χ1n) is 11.2. The van der Waals surface area contributed by atoms with Crippen LogP contribution in [0.15, 0.2) is 48.5 Å². The minimum Gasteiger partial charge on any atom is -0.491 e. The maximum atomic E-state index is 12.9. The largest absolute Gasteiger partial charge is 0.491 e. The number of nitrogens with one attached hydrogen (secondary N) is 1. The number of nitrogens with zero attached hydrogens (tertiary/aromatic N) is 1. The van der Waals surface area contributed by atoms with Gasteiger partial charge in [-0.25, -0.2) is 4.39 Å². The third-order valence-corrected chi connectivity index (χ3v) is 5.87. The molecule has 5 heteroatoms. The van der Waals surface area contributed by atoms with E-state index >= 15 is 0 Å².